The molecule has 1 saturated heterocycles. The average Bonchev–Trinajstić information content (AvgIpc) is 2.89. The number of carboxylic acids is 1. The van der Waals surface area contributed by atoms with Crippen LogP contribution >= 0.6 is 11.8 Å². The molecule has 1 heterocycles. The zero-order valence-corrected chi connectivity index (χ0v) is 15.0. The van der Waals surface area contributed by atoms with E-state index in [1.165, 1.54) is 35.2 Å². The number of carbonyl (C=O) groups is 2. The number of aromatic hydroxyl groups is 1. The van der Waals surface area contributed by atoms with Crippen LogP contribution in [0.3, 0.4) is 0 Å². The van der Waals surface area contributed by atoms with E-state index in [9.17, 15) is 19.1 Å². The zero-order valence-electron chi connectivity index (χ0n) is 14.2. The number of aromatic carboxylic acids is 1. The average molecular weight is 386 g/mol. The Balaban J connectivity index is 1.94. The largest absolute Gasteiger partial charge is 0.507 e. The SMILES string of the molecule is CCN1C(=O)/C(=C/c2cccc(F)c2)SC1=Nc1ccc(C(=O)O)c(O)c1. The molecule has 0 aromatic heterocycles. The van der Waals surface area contributed by atoms with E-state index in [2.05, 4.69) is 4.99 Å². The van der Waals surface area contributed by atoms with Gasteiger partial charge in [-0.2, -0.15) is 0 Å². The summed E-state index contributed by atoms with van der Waals surface area (Å²) >= 11 is 1.13. The molecule has 0 bridgehead atoms. The quantitative estimate of drug-likeness (QED) is 0.779. The first kappa shape index (κ1) is 18.7. The van der Waals surface area contributed by atoms with Gasteiger partial charge in [-0.1, -0.05) is 12.1 Å². The predicted octanol–water partition coefficient (Wildman–Crippen LogP) is 3.85. The number of carbonyl (C=O) groups excluding carboxylic acids is 1. The van der Waals surface area contributed by atoms with Crippen LogP contribution < -0.4 is 0 Å². The molecular weight excluding hydrogens is 371 g/mol. The van der Waals surface area contributed by atoms with E-state index in [0.717, 1.165) is 11.8 Å². The van der Waals surface area contributed by atoms with Gasteiger partial charge < -0.3 is 10.2 Å². The summed E-state index contributed by atoms with van der Waals surface area (Å²) in [4.78, 5) is 29.7. The van der Waals surface area contributed by atoms with Gasteiger partial charge in [0, 0.05) is 12.6 Å². The Bertz CT molecular complexity index is 987. The lowest BCUT2D eigenvalue weighted by Gasteiger charge is -2.12. The third-order valence-corrected chi connectivity index (χ3v) is 4.79. The minimum Gasteiger partial charge on any atom is -0.507 e. The van der Waals surface area contributed by atoms with Crippen LogP contribution in [0.4, 0.5) is 10.1 Å². The number of hydrogen-bond acceptors (Lipinski definition) is 5. The molecule has 0 aliphatic carbocycles. The monoisotopic (exact) mass is 386 g/mol. The van der Waals surface area contributed by atoms with E-state index < -0.39 is 17.5 Å². The second kappa shape index (κ2) is 7.63. The van der Waals surface area contributed by atoms with Crippen LogP contribution in [-0.2, 0) is 4.79 Å². The maximum absolute atomic E-state index is 13.4. The summed E-state index contributed by atoms with van der Waals surface area (Å²) in [6.07, 6.45) is 1.59. The van der Waals surface area contributed by atoms with Gasteiger partial charge in [-0.3, -0.25) is 9.69 Å². The molecule has 27 heavy (non-hydrogen) atoms. The third-order valence-electron chi connectivity index (χ3n) is 3.79. The number of halogens is 1. The summed E-state index contributed by atoms with van der Waals surface area (Å²) in [5.74, 6) is -2.29. The number of carboxylic acid groups (broad SMARTS) is 1. The van der Waals surface area contributed by atoms with Gasteiger partial charge in [0.2, 0.25) is 0 Å². The van der Waals surface area contributed by atoms with Gasteiger partial charge in [0.15, 0.2) is 5.17 Å². The van der Waals surface area contributed by atoms with Crippen molar-refractivity contribution in [1.82, 2.24) is 4.90 Å². The van der Waals surface area contributed by atoms with Crippen LogP contribution in [0.15, 0.2) is 52.4 Å². The number of amides is 1. The number of aliphatic imine (C=N–C) groups is 1. The maximum atomic E-state index is 13.4. The second-order valence-electron chi connectivity index (χ2n) is 5.62. The molecule has 0 atom stereocenters. The van der Waals surface area contributed by atoms with Crippen molar-refractivity contribution >= 4 is 40.6 Å². The van der Waals surface area contributed by atoms with Crippen LogP contribution in [0, 0.1) is 5.82 Å². The fourth-order valence-electron chi connectivity index (χ4n) is 2.50. The summed E-state index contributed by atoms with van der Waals surface area (Å²) in [6, 6.07) is 9.83. The smallest absolute Gasteiger partial charge is 0.339 e. The second-order valence-corrected chi connectivity index (χ2v) is 6.63. The number of amidine groups is 1. The van der Waals surface area contributed by atoms with Crippen LogP contribution in [-0.4, -0.2) is 38.7 Å². The molecule has 0 radical (unpaired) electrons. The van der Waals surface area contributed by atoms with E-state index >= 15 is 0 Å². The standard InChI is InChI=1S/C19H15FN2O4S/c1-2-22-17(24)16(9-11-4-3-5-12(20)8-11)27-19(22)21-13-6-7-14(18(25)26)15(23)10-13/h3-10,23H,2H2,1H3,(H,25,26)/b16-9-,21-19?. The molecule has 8 heteroatoms. The molecule has 0 spiro atoms. The van der Waals surface area contributed by atoms with E-state index in [1.807, 2.05) is 0 Å². The minimum absolute atomic E-state index is 0.229. The van der Waals surface area contributed by atoms with Crippen LogP contribution in [0.2, 0.25) is 0 Å². The van der Waals surface area contributed by atoms with Crippen molar-refractivity contribution in [3.8, 4) is 5.75 Å². The topological polar surface area (TPSA) is 90.2 Å². The van der Waals surface area contributed by atoms with Crippen molar-refractivity contribution < 1.29 is 24.2 Å². The number of thioether (sulfide) groups is 1. The van der Waals surface area contributed by atoms with E-state index in [0.29, 0.717) is 27.9 Å². The molecular formula is C19H15FN2O4S. The lowest BCUT2D eigenvalue weighted by Crippen LogP contribution is -2.28. The normalized spacial score (nSPS) is 17.1. The number of rotatable bonds is 4. The molecule has 1 amide bonds. The van der Waals surface area contributed by atoms with Gasteiger partial charge in [-0.15, -0.1) is 0 Å². The number of likely N-dealkylation sites (N-methyl/N-ethyl adjacent to an activating group) is 1. The number of benzene rings is 2. The summed E-state index contributed by atoms with van der Waals surface area (Å²) < 4.78 is 13.4. The molecule has 6 nitrogen and oxygen atoms in total. The Morgan fingerprint density at radius 3 is 2.70 bits per heavy atom. The Morgan fingerprint density at radius 1 is 1.30 bits per heavy atom. The number of nitrogens with zero attached hydrogens (tertiary/aromatic N) is 2. The predicted molar refractivity (Wildman–Crippen MR) is 102 cm³/mol. The molecule has 2 N–H and O–H groups in total. The van der Waals surface area contributed by atoms with Gasteiger partial charge in [0.25, 0.3) is 5.91 Å². The highest BCUT2D eigenvalue weighted by atomic mass is 32.2. The van der Waals surface area contributed by atoms with Crippen molar-refractivity contribution in [3.63, 3.8) is 0 Å². The highest BCUT2D eigenvalue weighted by molar-refractivity contribution is 8.18. The van der Waals surface area contributed by atoms with Gasteiger partial charge in [0.1, 0.15) is 17.1 Å². The molecule has 138 valence electrons. The van der Waals surface area contributed by atoms with E-state index in [-0.39, 0.29) is 11.5 Å². The molecule has 1 fully saturated rings. The summed E-state index contributed by atoms with van der Waals surface area (Å²) in [7, 11) is 0. The van der Waals surface area contributed by atoms with Crippen molar-refractivity contribution in [2.24, 2.45) is 4.99 Å². The summed E-state index contributed by atoms with van der Waals surface area (Å²) in [5, 5.41) is 19.2. The molecule has 0 saturated carbocycles. The van der Waals surface area contributed by atoms with Crippen LogP contribution in [0.5, 0.6) is 5.75 Å². The lowest BCUT2D eigenvalue weighted by atomic mass is 10.2. The summed E-state index contributed by atoms with van der Waals surface area (Å²) in [5.41, 5.74) is 0.651. The van der Waals surface area contributed by atoms with Gasteiger partial charge in [0.05, 0.1) is 10.6 Å². The van der Waals surface area contributed by atoms with E-state index in [1.54, 1.807) is 25.1 Å². The third kappa shape index (κ3) is 4.01. The molecule has 3 rings (SSSR count). The van der Waals surface area contributed by atoms with Crippen LogP contribution in [0.25, 0.3) is 6.08 Å². The minimum atomic E-state index is -1.24. The van der Waals surface area contributed by atoms with Gasteiger partial charge >= 0.3 is 5.97 Å². The first-order valence-electron chi connectivity index (χ1n) is 8.01. The lowest BCUT2D eigenvalue weighted by molar-refractivity contribution is -0.122. The Kier molecular flexibility index (Phi) is 5.27. The molecule has 1 aliphatic rings. The van der Waals surface area contributed by atoms with Crippen LogP contribution in [0.1, 0.15) is 22.8 Å². The zero-order chi connectivity index (χ0) is 19.6. The molecule has 0 unspecified atom stereocenters. The number of hydrogen-bond donors (Lipinski definition) is 2. The first-order valence-corrected chi connectivity index (χ1v) is 8.82. The molecule has 2 aromatic rings. The fraction of sp³-hybridized carbons (Fsp3) is 0.105. The highest BCUT2D eigenvalue weighted by Gasteiger charge is 2.32. The molecule has 2 aromatic carbocycles. The first-order chi connectivity index (χ1) is 12.9. The maximum Gasteiger partial charge on any atom is 0.339 e. The van der Waals surface area contributed by atoms with Crippen molar-refractivity contribution in [2.75, 3.05) is 6.54 Å². The Labute approximate surface area is 158 Å². The Hall–Kier alpha value is -3.13. The van der Waals surface area contributed by atoms with E-state index in [4.69, 9.17) is 5.11 Å². The molecule has 1 aliphatic heterocycles. The highest BCUT2D eigenvalue weighted by Crippen LogP contribution is 2.35. The van der Waals surface area contributed by atoms with Crippen molar-refractivity contribution in [1.29, 1.82) is 0 Å². The summed E-state index contributed by atoms with van der Waals surface area (Å²) in [6.45, 7) is 2.18. The number of phenols is 1. The van der Waals surface area contributed by atoms with Crippen molar-refractivity contribution in [2.45, 2.75) is 6.92 Å². The van der Waals surface area contributed by atoms with Gasteiger partial charge in [-0.25, -0.2) is 14.2 Å². The van der Waals surface area contributed by atoms with Crippen molar-refractivity contribution in [3.05, 3.63) is 64.3 Å². The van der Waals surface area contributed by atoms with Gasteiger partial charge in [-0.05, 0) is 54.6 Å². The Morgan fingerprint density at radius 2 is 2.07 bits per heavy atom. The fourth-order valence-corrected chi connectivity index (χ4v) is 3.56.